The number of urea groups is 1. The van der Waals surface area contributed by atoms with Gasteiger partial charge in [0.15, 0.2) is 0 Å². The number of nitrogens with one attached hydrogen (secondary N) is 1. The molecule has 0 aromatic heterocycles. The molecule has 1 aliphatic heterocycles. The van der Waals surface area contributed by atoms with Crippen LogP contribution in [0.2, 0.25) is 23.3 Å². The van der Waals surface area contributed by atoms with E-state index in [1.807, 2.05) is 6.92 Å². The first-order valence-corrected chi connectivity index (χ1v) is 10.1. The first kappa shape index (κ1) is 22.7. The van der Waals surface area contributed by atoms with Gasteiger partial charge in [-0.2, -0.15) is 0 Å². The average Bonchev–Trinajstić information content (AvgIpc) is 2.61. The monoisotopic (exact) mass is 365 g/mol. The SMILES string of the molecule is [B]C1C([B])C(C(C)C)C([B])C([B])C1OCC1C(N)CCCN1C(=O)NCC. The highest BCUT2D eigenvalue weighted by atomic mass is 16.5. The third-order valence-corrected chi connectivity index (χ3v) is 6.19. The van der Waals surface area contributed by atoms with E-state index in [0.717, 1.165) is 12.8 Å². The maximum Gasteiger partial charge on any atom is 0.317 e. The summed E-state index contributed by atoms with van der Waals surface area (Å²) >= 11 is 0. The van der Waals surface area contributed by atoms with Gasteiger partial charge in [-0.05, 0) is 31.6 Å². The Morgan fingerprint density at radius 1 is 1.19 bits per heavy atom. The summed E-state index contributed by atoms with van der Waals surface area (Å²) in [6.45, 7) is 7.55. The number of hydrogen-bond acceptors (Lipinski definition) is 3. The zero-order chi connectivity index (χ0) is 20.3. The molecule has 1 saturated heterocycles. The fourth-order valence-corrected chi connectivity index (χ4v) is 4.59. The summed E-state index contributed by atoms with van der Waals surface area (Å²) in [4.78, 5) is 14.1. The van der Waals surface area contributed by atoms with Crippen LogP contribution in [0.25, 0.3) is 0 Å². The normalized spacial score (nSPS) is 40.1. The van der Waals surface area contributed by atoms with Gasteiger partial charge in [0.05, 0.1) is 44.0 Å². The summed E-state index contributed by atoms with van der Waals surface area (Å²) in [5.74, 6) is -1.07. The summed E-state index contributed by atoms with van der Waals surface area (Å²) in [7, 11) is 25.5. The fraction of sp³-hybridized carbons (Fsp3) is 0.944. The van der Waals surface area contributed by atoms with E-state index >= 15 is 0 Å². The van der Waals surface area contributed by atoms with E-state index in [0.29, 0.717) is 13.1 Å². The van der Waals surface area contributed by atoms with Crippen molar-refractivity contribution in [3.05, 3.63) is 0 Å². The number of ether oxygens (including phenoxy) is 1. The Morgan fingerprint density at radius 2 is 1.78 bits per heavy atom. The minimum absolute atomic E-state index is 0.0404. The molecule has 9 heteroatoms. The number of hydrogen-bond donors (Lipinski definition) is 2. The number of piperidine rings is 1. The third kappa shape index (κ3) is 4.90. The van der Waals surface area contributed by atoms with Crippen molar-refractivity contribution in [1.82, 2.24) is 10.2 Å². The lowest BCUT2D eigenvalue weighted by molar-refractivity contribution is -0.0206. The predicted octanol–water partition coefficient (Wildman–Crippen LogP) is 1.01. The molecule has 0 aromatic rings. The number of nitrogens with two attached hydrogens (primary N) is 1. The van der Waals surface area contributed by atoms with Crippen LogP contribution in [0, 0.1) is 11.8 Å². The van der Waals surface area contributed by atoms with Crippen molar-refractivity contribution >= 4 is 37.4 Å². The first-order valence-electron chi connectivity index (χ1n) is 10.1. The molecule has 27 heavy (non-hydrogen) atoms. The van der Waals surface area contributed by atoms with Crippen molar-refractivity contribution in [2.75, 3.05) is 19.7 Å². The standard InChI is InChI=1S/C18H31B4N3O2/c1-4-24-18(26)25-7-5-6-10(23)11(25)8-27-17-15(21)13(19)12(9(2)3)14(20)16(17)22/h9-17H,4-8,23H2,1-3H3,(H,24,26). The maximum absolute atomic E-state index is 12.4. The minimum Gasteiger partial charge on any atom is -0.377 e. The van der Waals surface area contributed by atoms with E-state index < -0.39 is 17.7 Å². The highest BCUT2D eigenvalue weighted by Gasteiger charge is 2.44. The molecule has 8 radical (unpaired) electrons. The number of amides is 2. The zero-order valence-electron chi connectivity index (χ0n) is 16.9. The fourth-order valence-electron chi connectivity index (χ4n) is 4.59. The van der Waals surface area contributed by atoms with Crippen molar-refractivity contribution in [2.45, 2.75) is 75.1 Å². The highest BCUT2D eigenvalue weighted by molar-refractivity contribution is 6.27. The Bertz CT molecular complexity index is 483. The van der Waals surface area contributed by atoms with Crippen molar-refractivity contribution < 1.29 is 9.53 Å². The van der Waals surface area contributed by atoms with E-state index in [9.17, 15) is 4.79 Å². The predicted molar refractivity (Wildman–Crippen MR) is 113 cm³/mol. The Labute approximate surface area is 169 Å². The number of nitrogens with zero attached hydrogens (tertiary/aromatic N) is 1. The molecule has 1 heterocycles. The van der Waals surface area contributed by atoms with E-state index in [1.54, 1.807) is 4.90 Å². The summed E-state index contributed by atoms with van der Waals surface area (Å²) in [6.07, 6.45) is 1.26. The van der Waals surface area contributed by atoms with E-state index in [-0.39, 0.29) is 48.2 Å². The lowest BCUT2D eigenvalue weighted by Crippen LogP contribution is -2.59. The quantitative estimate of drug-likeness (QED) is 0.715. The van der Waals surface area contributed by atoms with Crippen molar-refractivity contribution in [1.29, 1.82) is 0 Å². The molecule has 2 amide bonds. The molecule has 2 aliphatic rings. The van der Waals surface area contributed by atoms with E-state index in [1.165, 1.54) is 0 Å². The van der Waals surface area contributed by atoms with Crippen LogP contribution >= 0.6 is 0 Å². The van der Waals surface area contributed by atoms with Gasteiger partial charge >= 0.3 is 6.03 Å². The third-order valence-electron chi connectivity index (χ3n) is 6.19. The van der Waals surface area contributed by atoms with E-state index in [2.05, 4.69) is 19.2 Å². The topological polar surface area (TPSA) is 67.6 Å². The first-order chi connectivity index (χ1) is 12.7. The van der Waals surface area contributed by atoms with Gasteiger partial charge in [0.2, 0.25) is 0 Å². The van der Waals surface area contributed by atoms with Crippen LogP contribution in [0.5, 0.6) is 0 Å². The molecule has 0 bridgehead atoms. The summed E-state index contributed by atoms with van der Waals surface area (Å²) in [5.41, 5.74) is 6.29. The van der Waals surface area contributed by atoms with Gasteiger partial charge in [0.1, 0.15) is 0 Å². The summed E-state index contributed by atoms with van der Waals surface area (Å²) in [6, 6.07) is -0.491. The number of rotatable bonds is 5. The molecule has 3 N–H and O–H groups in total. The maximum atomic E-state index is 12.4. The highest BCUT2D eigenvalue weighted by Crippen LogP contribution is 2.53. The molecule has 0 spiro atoms. The van der Waals surface area contributed by atoms with Crippen LogP contribution in [-0.4, -0.2) is 80.2 Å². The van der Waals surface area contributed by atoms with Gasteiger partial charge in [-0.1, -0.05) is 37.1 Å². The second-order valence-electron chi connectivity index (χ2n) is 8.33. The Kier molecular flexibility index (Phi) is 8.23. The smallest absolute Gasteiger partial charge is 0.317 e. The minimum atomic E-state index is -0.463. The molecule has 1 saturated carbocycles. The lowest BCUT2D eigenvalue weighted by Gasteiger charge is -2.51. The van der Waals surface area contributed by atoms with Gasteiger partial charge < -0.3 is 20.7 Å². The second-order valence-corrected chi connectivity index (χ2v) is 8.33. The van der Waals surface area contributed by atoms with Crippen LogP contribution in [-0.2, 0) is 4.74 Å². The van der Waals surface area contributed by atoms with Crippen LogP contribution < -0.4 is 11.1 Å². The molecule has 2 fully saturated rings. The van der Waals surface area contributed by atoms with Gasteiger partial charge in [0.25, 0.3) is 0 Å². The second kappa shape index (κ2) is 9.78. The Morgan fingerprint density at radius 3 is 2.30 bits per heavy atom. The molecule has 1 aliphatic carbocycles. The van der Waals surface area contributed by atoms with E-state index in [4.69, 9.17) is 41.9 Å². The van der Waals surface area contributed by atoms with Gasteiger partial charge in [-0.25, -0.2) is 4.79 Å². The largest absolute Gasteiger partial charge is 0.377 e. The van der Waals surface area contributed by atoms with Gasteiger partial charge in [-0.3, -0.25) is 0 Å². The van der Waals surface area contributed by atoms with Crippen LogP contribution in [0.15, 0.2) is 0 Å². The number of likely N-dealkylation sites (tertiary alicyclic amines) is 1. The average molecular weight is 365 g/mol. The van der Waals surface area contributed by atoms with Crippen molar-refractivity contribution in [3.8, 4) is 0 Å². The molecule has 6 atom stereocenters. The van der Waals surface area contributed by atoms with Crippen LogP contribution in [0.3, 0.4) is 0 Å². The number of carbonyl (C=O) groups is 1. The zero-order valence-corrected chi connectivity index (χ0v) is 16.9. The molecular formula is C18H31B4N3O2. The van der Waals surface area contributed by atoms with Crippen LogP contribution in [0.4, 0.5) is 4.79 Å². The van der Waals surface area contributed by atoms with Crippen molar-refractivity contribution in [2.24, 2.45) is 17.6 Å². The van der Waals surface area contributed by atoms with Crippen LogP contribution in [0.1, 0.15) is 33.6 Å². The molecule has 2 rings (SSSR count). The summed E-state index contributed by atoms with van der Waals surface area (Å²) < 4.78 is 6.13. The van der Waals surface area contributed by atoms with Crippen molar-refractivity contribution in [3.63, 3.8) is 0 Å². The van der Waals surface area contributed by atoms with Gasteiger partial charge in [-0.15, -0.1) is 0 Å². The molecular weight excluding hydrogens is 333 g/mol. The molecule has 5 nitrogen and oxygen atoms in total. The number of carbonyl (C=O) groups excluding carboxylic acids is 1. The lowest BCUT2D eigenvalue weighted by atomic mass is 9.41. The Hall–Kier alpha value is -0.550. The Balaban J connectivity index is 2.07. The molecule has 0 aromatic carbocycles. The molecule has 6 unspecified atom stereocenters. The molecule has 142 valence electrons. The van der Waals surface area contributed by atoms with Gasteiger partial charge in [0, 0.05) is 25.2 Å². The summed E-state index contributed by atoms with van der Waals surface area (Å²) in [5, 5.41) is 2.84.